The Kier molecular flexibility index (Phi) is 4.55. The summed E-state index contributed by atoms with van der Waals surface area (Å²) in [5.41, 5.74) is -0.199. The molecule has 0 amide bonds. The molecule has 0 aliphatic rings. The molecule has 1 aromatic rings. The van der Waals surface area contributed by atoms with E-state index in [9.17, 15) is 0 Å². The molecular weight excluding hydrogens is 204 g/mol. The van der Waals surface area contributed by atoms with Crippen LogP contribution < -0.4 is 10.1 Å². The lowest BCUT2D eigenvalue weighted by Crippen LogP contribution is -2.32. The topological polar surface area (TPSA) is 54.4 Å². The van der Waals surface area contributed by atoms with Crippen LogP contribution in [-0.2, 0) is 0 Å². The zero-order valence-corrected chi connectivity index (χ0v) is 10.2. The lowest BCUT2D eigenvalue weighted by atomic mass is 10.0. The Bertz CT molecular complexity index is 327. The van der Waals surface area contributed by atoms with Crippen LogP contribution in [0.4, 0.5) is 5.82 Å². The Morgan fingerprint density at radius 1 is 1.50 bits per heavy atom. The van der Waals surface area contributed by atoms with Crippen molar-refractivity contribution in [2.75, 3.05) is 18.5 Å². The van der Waals surface area contributed by atoms with Crippen molar-refractivity contribution < 1.29 is 9.84 Å². The fourth-order valence-electron chi connectivity index (χ4n) is 1.42. The molecule has 1 rings (SSSR count). The van der Waals surface area contributed by atoms with Crippen LogP contribution in [0.2, 0.25) is 0 Å². The zero-order chi connectivity index (χ0) is 12.0. The largest absolute Gasteiger partial charge is 0.490 e. The number of aliphatic hydroxyl groups is 1. The molecule has 2 N–H and O–H groups in total. The molecule has 4 nitrogen and oxygen atoms in total. The van der Waals surface area contributed by atoms with Crippen LogP contribution in [0.25, 0.3) is 0 Å². The van der Waals surface area contributed by atoms with E-state index in [0.29, 0.717) is 13.0 Å². The summed E-state index contributed by atoms with van der Waals surface area (Å²) in [5, 5.41) is 12.2. The van der Waals surface area contributed by atoms with Gasteiger partial charge in [0, 0.05) is 18.3 Å². The highest BCUT2D eigenvalue weighted by Crippen LogP contribution is 2.25. The normalized spacial score (nSPS) is 11.2. The van der Waals surface area contributed by atoms with Crippen LogP contribution in [0.15, 0.2) is 18.3 Å². The Hall–Kier alpha value is -1.29. The summed E-state index contributed by atoms with van der Waals surface area (Å²) in [6.45, 7) is 6.74. The van der Waals surface area contributed by atoms with Gasteiger partial charge in [-0.05, 0) is 39.3 Å². The van der Waals surface area contributed by atoms with E-state index in [1.54, 1.807) is 6.20 Å². The molecule has 0 saturated carbocycles. The maximum atomic E-state index is 8.96. The van der Waals surface area contributed by atoms with Crippen LogP contribution in [0.1, 0.15) is 27.2 Å². The van der Waals surface area contributed by atoms with E-state index in [1.165, 1.54) is 0 Å². The van der Waals surface area contributed by atoms with Gasteiger partial charge in [-0.2, -0.15) is 0 Å². The van der Waals surface area contributed by atoms with Gasteiger partial charge < -0.3 is 15.2 Å². The molecule has 1 aromatic heterocycles. The predicted molar refractivity (Wildman–Crippen MR) is 64.8 cm³/mol. The van der Waals surface area contributed by atoms with Gasteiger partial charge in [0.25, 0.3) is 0 Å². The predicted octanol–water partition coefficient (Wildman–Crippen LogP) is 2.05. The lowest BCUT2D eigenvalue weighted by Gasteiger charge is -2.26. The summed E-state index contributed by atoms with van der Waals surface area (Å²) >= 11 is 0. The van der Waals surface area contributed by atoms with Crippen LogP contribution >= 0.6 is 0 Å². The fraction of sp³-hybridized carbons (Fsp3) is 0.583. The Labute approximate surface area is 96.7 Å². The number of aromatic nitrogens is 1. The molecule has 0 aromatic carbocycles. The number of rotatable bonds is 6. The molecule has 90 valence electrons. The van der Waals surface area contributed by atoms with Crippen molar-refractivity contribution in [2.24, 2.45) is 0 Å². The molecule has 0 aliphatic carbocycles. The molecule has 4 heteroatoms. The number of ether oxygens (including phenoxy) is 1. The smallest absolute Gasteiger partial charge is 0.169 e. The Balaban J connectivity index is 2.79. The number of nitrogens with zero attached hydrogens (tertiary/aromatic N) is 1. The van der Waals surface area contributed by atoms with Crippen LogP contribution in [0.3, 0.4) is 0 Å². The number of hydrogen-bond donors (Lipinski definition) is 2. The highest BCUT2D eigenvalue weighted by molar-refractivity contribution is 5.51. The van der Waals surface area contributed by atoms with Crippen molar-refractivity contribution in [3.63, 3.8) is 0 Å². The quantitative estimate of drug-likeness (QED) is 0.776. The summed E-state index contributed by atoms with van der Waals surface area (Å²) < 4.78 is 5.47. The number of anilines is 1. The first-order valence-electron chi connectivity index (χ1n) is 5.56. The van der Waals surface area contributed by atoms with Gasteiger partial charge >= 0.3 is 0 Å². The molecular formula is C12H20N2O2. The van der Waals surface area contributed by atoms with Crippen LogP contribution in [0.5, 0.6) is 5.75 Å². The zero-order valence-electron chi connectivity index (χ0n) is 10.2. The summed E-state index contributed by atoms with van der Waals surface area (Å²) in [4.78, 5) is 4.25. The maximum absolute atomic E-state index is 8.96. The monoisotopic (exact) mass is 224 g/mol. The summed E-state index contributed by atoms with van der Waals surface area (Å²) in [6, 6.07) is 3.73. The average molecular weight is 224 g/mol. The molecule has 0 unspecified atom stereocenters. The van der Waals surface area contributed by atoms with E-state index >= 15 is 0 Å². The molecule has 1 heterocycles. The first kappa shape index (κ1) is 12.8. The van der Waals surface area contributed by atoms with E-state index in [4.69, 9.17) is 9.84 Å². The van der Waals surface area contributed by atoms with Gasteiger partial charge in [0.05, 0.1) is 6.61 Å². The third kappa shape index (κ3) is 3.70. The highest BCUT2D eigenvalue weighted by Gasteiger charge is 2.19. The van der Waals surface area contributed by atoms with Crippen molar-refractivity contribution in [3.8, 4) is 5.75 Å². The second kappa shape index (κ2) is 5.70. The molecule has 0 atom stereocenters. The number of nitrogens with one attached hydrogen (secondary N) is 1. The second-order valence-electron chi connectivity index (χ2n) is 4.27. The third-order valence-electron chi connectivity index (χ3n) is 2.26. The van der Waals surface area contributed by atoms with E-state index in [1.807, 2.05) is 32.9 Å². The van der Waals surface area contributed by atoms with Gasteiger partial charge in [0.1, 0.15) is 0 Å². The van der Waals surface area contributed by atoms with Crippen molar-refractivity contribution in [1.29, 1.82) is 0 Å². The molecule has 0 saturated heterocycles. The standard InChI is InChI=1S/C12H20N2O2/c1-4-16-10-6-5-8-13-11(10)14-12(2,3)7-9-15/h5-6,8,15H,4,7,9H2,1-3H3,(H,13,14). The van der Waals surface area contributed by atoms with Gasteiger partial charge in [-0.1, -0.05) is 0 Å². The third-order valence-corrected chi connectivity index (χ3v) is 2.26. The molecule has 0 radical (unpaired) electrons. The molecule has 16 heavy (non-hydrogen) atoms. The fourth-order valence-corrected chi connectivity index (χ4v) is 1.42. The average Bonchev–Trinajstić information content (AvgIpc) is 2.20. The van der Waals surface area contributed by atoms with Gasteiger partial charge in [-0.15, -0.1) is 0 Å². The first-order valence-corrected chi connectivity index (χ1v) is 5.56. The molecule has 0 bridgehead atoms. The minimum atomic E-state index is -0.199. The highest BCUT2D eigenvalue weighted by atomic mass is 16.5. The SMILES string of the molecule is CCOc1cccnc1NC(C)(C)CCO. The molecule has 0 spiro atoms. The van der Waals surface area contributed by atoms with E-state index < -0.39 is 0 Å². The Morgan fingerprint density at radius 2 is 2.25 bits per heavy atom. The minimum absolute atomic E-state index is 0.150. The van der Waals surface area contributed by atoms with Crippen molar-refractivity contribution >= 4 is 5.82 Å². The summed E-state index contributed by atoms with van der Waals surface area (Å²) in [5.74, 6) is 1.47. The number of aliphatic hydroxyl groups excluding tert-OH is 1. The number of hydrogen-bond acceptors (Lipinski definition) is 4. The first-order chi connectivity index (χ1) is 7.59. The van der Waals surface area contributed by atoms with Gasteiger partial charge in [0.15, 0.2) is 11.6 Å². The minimum Gasteiger partial charge on any atom is -0.490 e. The van der Waals surface area contributed by atoms with Crippen molar-refractivity contribution in [3.05, 3.63) is 18.3 Å². The van der Waals surface area contributed by atoms with E-state index in [-0.39, 0.29) is 12.1 Å². The van der Waals surface area contributed by atoms with Crippen molar-refractivity contribution in [1.82, 2.24) is 4.98 Å². The lowest BCUT2D eigenvalue weighted by molar-refractivity contribution is 0.260. The van der Waals surface area contributed by atoms with Crippen molar-refractivity contribution in [2.45, 2.75) is 32.7 Å². The number of pyridine rings is 1. The van der Waals surface area contributed by atoms with E-state index in [2.05, 4.69) is 10.3 Å². The van der Waals surface area contributed by atoms with Crippen LogP contribution in [-0.4, -0.2) is 28.8 Å². The maximum Gasteiger partial charge on any atom is 0.169 e. The second-order valence-corrected chi connectivity index (χ2v) is 4.27. The summed E-state index contributed by atoms with van der Waals surface area (Å²) in [6.07, 6.45) is 2.38. The van der Waals surface area contributed by atoms with E-state index in [0.717, 1.165) is 11.6 Å². The van der Waals surface area contributed by atoms with Gasteiger partial charge in [0.2, 0.25) is 0 Å². The molecule has 0 fully saturated rings. The van der Waals surface area contributed by atoms with Crippen LogP contribution in [0, 0.1) is 0 Å². The summed E-state index contributed by atoms with van der Waals surface area (Å²) in [7, 11) is 0. The van der Waals surface area contributed by atoms with Gasteiger partial charge in [-0.25, -0.2) is 4.98 Å². The Morgan fingerprint density at radius 3 is 2.88 bits per heavy atom. The molecule has 0 aliphatic heterocycles. The van der Waals surface area contributed by atoms with Gasteiger partial charge in [-0.3, -0.25) is 0 Å².